The van der Waals surface area contributed by atoms with Crippen molar-refractivity contribution in [2.75, 3.05) is 35.1 Å². The van der Waals surface area contributed by atoms with Crippen LogP contribution in [0.1, 0.15) is 80.4 Å². The van der Waals surface area contributed by atoms with E-state index in [1.165, 1.54) is 7.11 Å². The van der Waals surface area contributed by atoms with Gasteiger partial charge >= 0.3 is 0 Å². The van der Waals surface area contributed by atoms with Crippen LogP contribution >= 0.6 is 0 Å². The normalized spacial score (nSPS) is 19.7. The van der Waals surface area contributed by atoms with Crippen LogP contribution in [0, 0.1) is 18.3 Å². The van der Waals surface area contributed by atoms with Crippen molar-refractivity contribution in [1.82, 2.24) is 0 Å². The highest BCUT2D eigenvalue weighted by molar-refractivity contribution is 7.87. The lowest BCUT2D eigenvalue weighted by atomic mass is 9.91. The molecule has 2 N–H and O–H groups in total. The fraction of sp³-hybridized carbons (Fsp3) is 0.353. The molecule has 15 nitrogen and oxygen atoms in total. The summed E-state index contributed by atoms with van der Waals surface area (Å²) in [6.07, 6.45) is 0.986. The SMILES string of the molecule is COc1cc2c(cc1OCc1cc(COc3cc4c(cc3C)C(=O)N3c5ccccc5C[C@H]3C(S(=O)(=O)OC)C4)cc(NC(=O)C(C)(C)C)c1)CC(CS(=O)(=O)O)[C@@H]1Cc3ccccc3N1C2=O. The number of anilines is 3. The quantitative estimate of drug-likeness (QED) is 0.0941. The molecule has 68 heavy (non-hydrogen) atoms. The molecule has 0 spiro atoms. The van der Waals surface area contributed by atoms with Crippen LogP contribution < -0.4 is 29.3 Å². The number of nitrogens with zero attached hydrogens (tertiary/aromatic N) is 2. The zero-order chi connectivity index (χ0) is 48.4. The third kappa shape index (κ3) is 8.95. The van der Waals surface area contributed by atoms with E-state index in [2.05, 4.69) is 5.32 Å². The van der Waals surface area contributed by atoms with Crippen molar-refractivity contribution >= 4 is 55.0 Å². The van der Waals surface area contributed by atoms with Crippen LogP contribution in [0.15, 0.2) is 91.0 Å². The fourth-order valence-electron chi connectivity index (χ4n) is 10.1. The number of aryl methyl sites for hydroxylation is 1. The number of hydrogen-bond donors (Lipinski definition) is 2. The molecule has 0 saturated heterocycles. The van der Waals surface area contributed by atoms with Gasteiger partial charge in [0.1, 0.15) is 24.2 Å². The summed E-state index contributed by atoms with van der Waals surface area (Å²) in [6.45, 7) is 7.21. The van der Waals surface area contributed by atoms with Gasteiger partial charge in [0.25, 0.3) is 32.1 Å². The molecule has 4 atom stereocenters. The summed E-state index contributed by atoms with van der Waals surface area (Å²) in [5.74, 6) is -0.999. The summed E-state index contributed by atoms with van der Waals surface area (Å²) in [5, 5.41) is 1.96. The zero-order valence-electron chi connectivity index (χ0n) is 38.6. The number of fused-ring (bicyclic) bond motifs is 8. The Labute approximate surface area is 396 Å². The summed E-state index contributed by atoms with van der Waals surface area (Å²) in [4.78, 5) is 45.2. The monoisotopic (exact) mass is 963 g/mol. The molecule has 5 aromatic carbocycles. The van der Waals surface area contributed by atoms with Crippen molar-refractivity contribution in [3.05, 3.63) is 141 Å². The number of carbonyl (C=O) groups excluding carboxylic acids is 3. The summed E-state index contributed by atoms with van der Waals surface area (Å²) >= 11 is 0. The number of rotatable bonds is 12. The Morgan fingerprint density at radius 3 is 1.82 bits per heavy atom. The number of para-hydroxylation sites is 2. The lowest BCUT2D eigenvalue weighted by molar-refractivity contribution is -0.123. The van der Waals surface area contributed by atoms with Crippen molar-refractivity contribution in [3.63, 3.8) is 0 Å². The van der Waals surface area contributed by atoms with Gasteiger partial charge in [-0.3, -0.25) is 23.1 Å². The van der Waals surface area contributed by atoms with Gasteiger partial charge < -0.3 is 29.3 Å². The molecule has 5 aromatic rings. The predicted octanol–water partition coefficient (Wildman–Crippen LogP) is 7.25. The highest BCUT2D eigenvalue weighted by Gasteiger charge is 2.48. The Morgan fingerprint density at radius 1 is 0.691 bits per heavy atom. The maximum Gasteiger partial charge on any atom is 0.272 e. The van der Waals surface area contributed by atoms with Gasteiger partial charge in [0, 0.05) is 45.6 Å². The summed E-state index contributed by atoms with van der Waals surface area (Å²) < 4.78 is 85.5. The number of benzene rings is 5. The Balaban J connectivity index is 1.01. The van der Waals surface area contributed by atoms with Gasteiger partial charge in [-0.2, -0.15) is 16.8 Å². The number of hydrogen-bond acceptors (Lipinski definition) is 11. The number of ether oxygens (including phenoxy) is 3. The lowest BCUT2D eigenvalue weighted by Gasteiger charge is -2.28. The number of methoxy groups -OCH3 is 1. The molecule has 4 aliphatic heterocycles. The molecule has 4 aliphatic rings. The second kappa shape index (κ2) is 17.7. The lowest BCUT2D eigenvalue weighted by Crippen LogP contribution is -2.47. The molecule has 4 heterocycles. The van der Waals surface area contributed by atoms with Crippen LogP contribution in [0.2, 0.25) is 0 Å². The van der Waals surface area contributed by atoms with Gasteiger partial charge in [-0.05, 0) is 126 Å². The minimum atomic E-state index is -4.41. The molecular formula is C51H53N3O12S2. The minimum Gasteiger partial charge on any atom is -0.493 e. The molecular weight excluding hydrogens is 911 g/mol. The van der Waals surface area contributed by atoms with Crippen molar-refractivity contribution < 1.29 is 54.2 Å². The molecule has 0 aliphatic carbocycles. The van der Waals surface area contributed by atoms with E-state index in [0.717, 1.165) is 18.2 Å². The average Bonchev–Trinajstić information content (AvgIpc) is 3.81. The average molecular weight is 964 g/mol. The zero-order valence-corrected chi connectivity index (χ0v) is 40.2. The van der Waals surface area contributed by atoms with Crippen molar-refractivity contribution in [2.45, 2.75) is 83.9 Å². The van der Waals surface area contributed by atoms with Gasteiger partial charge in [0.05, 0.1) is 26.0 Å². The molecule has 17 heteroatoms. The van der Waals surface area contributed by atoms with E-state index in [1.54, 1.807) is 67.0 Å². The van der Waals surface area contributed by atoms with E-state index < -0.39 is 54.7 Å². The van der Waals surface area contributed by atoms with E-state index in [1.807, 2.05) is 61.5 Å². The molecule has 0 fully saturated rings. The smallest absolute Gasteiger partial charge is 0.272 e. The van der Waals surface area contributed by atoms with Crippen LogP contribution in [0.5, 0.6) is 17.2 Å². The number of carbonyl (C=O) groups is 3. The predicted molar refractivity (Wildman–Crippen MR) is 256 cm³/mol. The van der Waals surface area contributed by atoms with Crippen LogP contribution in [0.4, 0.5) is 17.1 Å². The third-order valence-corrected chi connectivity index (χ3v) is 15.9. The van der Waals surface area contributed by atoms with Gasteiger partial charge in [0.15, 0.2) is 11.5 Å². The Hall–Kier alpha value is -6.27. The fourth-order valence-corrected chi connectivity index (χ4v) is 12.2. The van der Waals surface area contributed by atoms with Crippen molar-refractivity contribution in [1.29, 1.82) is 0 Å². The first-order valence-electron chi connectivity index (χ1n) is 22.3. The largest absolute Gasteiger partial charge is 0.493 e. The van der Waals surface area contributed by atoms with Crippen molar-refractivity contribution in [2.24, 2.45) is 11.3 Å². The van der Waals surface area contributed by atoms with Crippen LogP contribution in [-0.2, 0) is 68.1 Å². The van der Waals surface area contributed by atoms with Crippen LogP contribution in [-0.4, -0.2) is 76.4 Å². The number of amides is 3. The van der Waals surface area contributed by atoms with Gasteiger partial charge in [-0.25, -0.2) is 0 Å². The summed E-state index contributed by atoms with van der Waals surface area (Å²) in [6, 6.07) is 25.9. The van der Waals surface area contributed by atoms with Crippen LogP contribution in [0.25, 0.3) is 0 Å². The second-order valence-electron chi connectivity index (χ2n) is 19.0. The van der Waals surface area contributed by atoms with Gasteiger partial charge in [-0.15, -0.1) is 0 Å². The summed E-state index contributed by atoms with van der Waals surface area (Å²) in [7, 11) is -5.90. The van der Waals surface area contributed by atoms with Crippen LogP contribution in [0.3, 0.4) is 0 Å². The second-order valence-corrected chi connectivity index (χ2v) is 22.4. The Morgan fingerprint density at radius 2 is 1.24 bits per heavy atom. The molecule has 0 bridgehead atoms. The molecule has 0 saturated carbocycles. The van der Waals surface area contributed by atoms with Crippen molar-refractivity contribution in [3.8, 4) is 17.2 Å². The molecule has 356 valence electrons. The topological polar surface area (TPSA) is 195 Å². The molecule has 0 aromatic heterocycles. The van der Waals surface area contributed by atoms with E-state index in [4.69, 9.17) is 18.4 Å². The molecule has 2 unspecified atom stereocenters. The van der Waals surface area contributed by atoms with E-state index >= 15 is 0 Å². The standard InChI is InChI=1S/C51H53N3O12S2/c1-29-15-38-35(24-47(68(61,62)64-6)43-21-33-12-8-10-14-41(33)54(43)48(38)55)22-44(29)65-26-30-16-31(18-37(17-30)52-50(57)51(2,3)4)27-66-46-23-34-19-36(28-67(58,59)60)42-20-32-11-7-9-13-40(32)53(42)49(56)39(34)25-45(46)63-5/h7-18,22-23,25,36,42-43,47H,19-21,24,26-28H2,1-6H3,(H,52,57)(H,58,59,60)/t36?,42-,43-,47?/m0/s1. The first-order valence-corrected chi connectivity index (χ1v) is 25.4. The van der Waals surface area contributed by atoms with E-state index in [0.29, 0.717) is 80.3 Å². The third-order valence-electron chi connectivity index (χ3n) is 13.4. The maximum atomic E-state index is 14.3. The first kappa shape index (κ1) is 46.8. The van der Waals surface area contributed by atoms with E-state index in [9.17, 15) is 35.8 Å². The van der Waals surface area contributed by atoms with Gasteiger partial charge in [0.2, 0.25) is 5.91 Å². The van der Waals surface area contributed by atoms with E-state index in [-0.39, 0.29) is 49.5 Å². The maximum absolute atomic E-state index is 14.3. The highest BCUT2D eigenvalue weighted by atomic mass is 32.2. The molecule has 0 radical (unpaired) electrons. The Bertz CT molecular complexity index is 3110. The molecule has 3 amide bonds. The molecule has 9 rings (SSSR count). The summed E-state index contributed by atoms with van der Waals surface area (Å²) in [5.41, 5.74) is 6.67. The minimum absolute atomic E-state index is 0.0158. The van der Waals surface area contributed by atoms with Gasteiger partial charge in [-0.1, -0.05) is 57.2 Å². The first-order chi connectivity index (χ1) is 32.2. The number of nitrogens with one attached hydrogen (secondary N) is 1. The Kier molecular flexibility index (Phi) is 12.2. The highest BCUT2D eigenvalue weighted by Crippen LogP contribution is 2.44.